The summed E-state index contributed by atoms with van der Waals surface area (Å²) in [5.74, 6) is 5.86. The van der Waals surface area contributed by atoms with Gasteiger partial charge in [0.15, 0.2) is 0 Å². The Balaban J connectivity index is 2.02. The SMILES string of the molecule is CCc1cc(C#CCN)ccc1NC(=O)NC1CCCC1. The molecule has 4 nitrogen and oxygen atoms in total. The van der Waals surface area contributed by atoms with Crippen LogP contribution in [-0.4, -0.2) is 18.6 Å². The molecule has 0 atom stereocenters. The van der Waals surface area contributed by atoms with E-state index in [2.05, 4.69) is 29.4 Å². The summed E-state index contributed by atoms with van der Waals surface area (Å²) in [5, 5.41) is 5.98. The molecule has 0 saturated heterocycles. The van der Waals surface area contributed by atoms with Gasteiger partial charge in [0.05, 0.1) is 6.54 Å². The molecule has 0 aromatic heterocycles. The summed E-state index contributed by atoms with van der Waals surface area (Å²) in [6, 6.07) is 6.04. The van der Waals surface area contributed by atoms with Gasteiger partial charge in [0.1, 0.15) is 0 Å². The van der Waals surface area contributed by atoms with E-state index >= 15 is 0 Å². The van der Waals surface area contributed by atoms with Gasteiger partial charge in [-0.3, -0.25) is 0 Å². The number of urea groups is 1. The average molecular weight is 285 g/mol. The van der Waals surface area contributed by atoms with E-state index in [9.17, 15) is 4.79 Å². The molecule has 4 N–H and O–H groups in total. The number of nitrogens with one attached hydrogen (secondary N) is 2. The van der Waals surface area contributed by atoms with Gasteiger partial charge in [0, 0.05) is 17.3 Å². The third-order valence-corrected chi connectivity index (χ3v) is 3.76. The van der Waals surface area contributed by atoms with Gasteiger partial charge >= 0.3 is 6.03 Å². The van der Waals surface area contributed by atoms with Crippen LogP contribution in [0.1, 0.15) is 43.7 Å². The molecule has 1 aromatic carbocycles. The van der Waals surface area contributed by atoms with Crippen molar-refractivity contribution in [3.05, 3.63) is 29.3 Å². The smallest absolute Gasteiger partial charge is 0.319 e. The van der Waals surface area contributed by atoms with Gasteiger partial charge in [-0.25, -0.2) is 4.79 Å². The highest BCUT2D eigenvalue weighted by atomic mass is 16.2. The van der Waals surface area contributed by atoms with Crippen molar-refractivity contribution in [2.45, 2.75) is 45.1 Å². The Morgan fingerprint density at radius 1 is 1.38 bits per heavy atom. The Labute approximate surface area is 126 Å². The maximum atomic E-state index is 12.0. The summed E-state index contributed by atoms with van der Waals surface area (Å²) < 4.78 is 0. The van der Waals surface area contributed by atoms with Crippen LogP contribution in [0.25, 0.3) is 0 Å². The van der Waals surface area contributed by atoms with Crippen molar-refractivity contribution >= 4 is 11.7 Å². The number of nitrogens with two attached hydrogens (primary N) is 1. The summed E-state index contributed by atoms with van der Waals surface area (Å²) in [4.78, 5) is 12.0. The number of carbonyl (C=O) groups excluding carboxylic acids is 1. The normalized spacial score (nSPS) is 14.4. The lowest BCUT2D eigenvalue weighted by Gasteiger charge is -2.15. The Bertz CT molecular complexity index is 551. The minimum absolute atomic E-state index is 0.114. The summed E-state index contributed by atoms with van der Waals surface area (Å²) >= 11 is 0. The van der Waals surface area contributed by atoms with Crippen LogP contribution in [0.4, 0.5) is 10.5 Å². The van der Waals surface area contributed by atoms with Gasteiger partial charge in [-0.15, -0.1) is 0 Å². The molecule has 0 aliphatic heterocycles. The lowest BCUT2D eigenvalue weighted by Crippen LogP contribution is -2.36. The number of amides is 2. The Hall–Kier alpha value is -1.99. The molecular weight excluding hydrogens is 262 g/mol. The van der Waals surface area contributed by atoms with Gasteiger partial charge < -0.3 is 16.4 Å². The van der Waals surface area contributed by atoms with Gasteiger partial charge in [-0.05, 0) is 43.0 Å². The topological polar surface area (TPSA) is 67.1 Å². The molecule has 1 aliphatic rings. The van der Waals surface area contributed by atoms with E-state index < -0.39 is 0 Å². The molecule has 0 unspecified atom stereocenters. The fourth-order valence-electron chi connectivity index (χ4n) is 2.65. The van der Waals surface area contributed by atoms with E-state index in [0.29, 0.717) is 12.6 Å². The van der Waals surface area contributed by atoms with Crippen molar-refractivity contribution in [2.24, 2.45) is 5.73 Å². The predicted molar refractivity (Wildman–Crippen MR) is 86.2 cm³/mol. The number of hydrogen-bond donors (Lipinski definition) is 3. The number of benzene rings is 1. The summed E-state index contributed by atoms with van der Waals surface area (Å²) in [7, 11) is 0. The highest BCUT2D eigenvalue weighted by Crippen LogP contribution is 2.20. The molecule has 112 valence electrons. The number of anilines is 1. The molecule has 2 amide bonds. The van der Waals surface area contributed by atoms with Gasteiger partial charge in [-0.2, -0.15) is 0 Å². The lowest BCUT2D eigenvalue weighted by atomic mass is 10.1. The molecule has 0 spiro atoms. The second-order valence-electron chi connectivity index (χ2n) is 5.31. The summed E-state index contributed by atoms with van der Waals surface area (Å²) in [5.41, 5.74) is 8.25. The standard InChI is InChI=1S/C17H23N3O/c1-2-14-12-13(6-5-11-18)9-10-16(14)20-17(21)19-15-7-3-4-8-15/h9-10,12,15H,2-4,7-8,11,18H2,1H3,(H2,19,20,21). The molecule has 1 fully saturated rings. The Morgan fingerprint density at radius 3 is 2.81 bits per heavy atom. The maximum Gasteiger partial charge on any atom is 0.319 e. The zero-order chi connectivity index (χ0) is 15.1. The quantitative estimate of drug-likeness (QED) is 0.747. The molecule has 21 heavy (non-hydrogen) atoms. The van der Waals surface area contributed by atoms with Crippen molar-refractivity contribution in [1.82, 2.24) is 5.32 Å². The first-order valence-electron chi connectivity index (χ1n) is 7.62. The van der Waals surface area contributed by atoms with Crippen molar-refractivity contribution in [3.8, 4) is 11.8 Å². The van der Waals surface area contributed by atoms with Crippen LogP contribution in [0.3, 0.4) is 0 Å². The van der Waals surface area contributed by atoms with Crippen molar-refractivity contribution in [1.29, 1.82) is 0 Å². The summed E-state index contributed by atoms with van der Waals surface area (Å²) in [6.45, 7) is 2.42. The Morgan fingerprint density at radius 2 is 2.14 bits per heavy atom. The van der Waals surface area contributed by atoms with Gasteiger partial charge in [-0.1, -0.05) is 31.6 Å². The van der Waals surface area contributed by atoms with E-state index in [-0.39, 0.29) is 6.03 Å². The monoisotopic (exact) mass is 285 g/mol. The minimum atomic E-state index is -0.114. The van der Waals surface area contributed by atoms with E-state index in [0.717, 1.165) is 36.1 Å². The molecule has 0 heterocycles. The molecule has 1 saturated carbocycles. The van der Waals surface area contributed by atoms with Crippen LogP contribution in [0.15, 0.2) is 18.2 Å². The number of carbonyl (C=O) groups is 1. The van der Waals surface area contributed by atoms with E-state index in [1.54, 1.807) is 0 Å². The number of rotatable bonds is 3. The van der Waals surface area contributed by atoms with Crippen molar-refractivity contribution in [3.63, 3.8) is 0 Å². The zero-order valence-corrected chi connectivity index (χ0v) is 12.5. The van der Waals surface area contributed by atoms with E-state index in [4.69, 9.17) is 5.73 Å². The third kappa shape index (κ3) is 4.51. The lowest BCUT2D eigenvalue weighted by molar-refractivity contribution is 0.248. The third-order valence-electron chi connectivity index (χ3n) is 3.76. The van der Waals surface area contributed by atoms with Crippen LogP contribution in [0.5, 0.6) is 0 Å². The second kappa shape index (κ2) is 7.70. The molecule has 2 rings (SSSR count). The Kier molecular flexibility index (Phi) is 5.65. The largest absolute Gasteiger partial charge is 0.335 e. The van der Waals surface area contributed by atoms with E-state index in [1.165, 1.54) is 12.8 Å². The summed E-state index contributed by atoms with van der Waals surface area (Å²) in [6.07, 6.45) is 5.43. The first-order chi connectivity index (χ1) is 10.2. The van der Waals surface area contributed by atoms with Crippen LogP contribution < -0.4 is 16.4 Å². The van der Waals surface area contributed by atoms with Crippen LogP contribution in [0.2, 0.25) is 0 Å². The van der Waals surface area contributed by atoms with Gasteiger partial charge in [0.25, 0.3) is 0 Å². The van der Waals surface area contributed by atoms with Crippen molar-refractivity contribution in [2.75, 3.05) is 11.9 Å². The molecule has 1 aliphatic carbocycles. The first kappa shape index (κ1) is 15.4. The highest BCUT2D eigenvalue weighted by molar-refractivity contribution is 5.90. The molecule has 1 aromatic rings. The minimum Gasteiger partial charge on any atom is -0.335 e. The first-order valence-corrected chi connectivity index (χ1v) is 7.62. The molecular formula is C17H23N3O. The molecule has 0 radical (unpaired) electrons. The number of hydrogen-bond acceptors (Lipinski definition) is 2. The molecule has 0 bridgehead atoms. The second-order valence-corrected chi connectivity index (χ2v) is 5.31. The maximum absolute atomic E-state index is 12.0. The predicted octanol–water partition coefficient (Wildman–Crippen LogP) is 2.62. The van der Waals surface area contributed by atoms with Gasteiger partial charge in [0.2, 0.25) is 0 Å². The number of aryl methyl sites for hydroxylation is 1. The van der Waals surface area contributed by atoms with Crippen LogP contribution in [0, 0.1) is 11.8 Å². The van der Waals surface area contributed by atoms with Crippen LogP contribution in [-0.2, 0) is 6.42 Å². The zero-order valence-electron chi connectivity index (χ0n) is 12.5. The van der Waals surface area contributed by atoms with Crippen LogP contribution >= 0.6 is 0 Å². The molecule has 4 heteroatoms. The average Bonchev–Trinajstić information content (AvgIpc) is 2.98. The van der Waals surface area contributed by atoms with E-state index in [1.807, 2.05) is 18.2 Å². The fourth-order valence-corrected chi connectivity index (χ4v) is 2.65. The van der Waals surface area contributed by atoms with Crippen molar-refractivity contribution < 1.29 is 4.79 Å². The fraction of sp³-hybridized carbons (Fsp3) is 0.471. The highest BCUT2D eigenvalue weighted by Gasteiger charge is 2.17.